The molecule has 5 heteroatoms. The molecule has 0 amide bonds. The third-order valence-corrected chi connectivity index (χ3v) is 4.35. The van der Waals surface area contributed by atoms with Crippen molar-refractivity contribution >= 4 is 0 Å². The smallest absolute Gasteiger partial charge is 0.0797 e. The number of nitrogens with one attached hydrogen (secondary N) is 1. The zero-order valence-corrected chi connectivity index (χ0v) is 11.0. The highest BCUT2D eigenvalue weighted by Gasteiger charge is 2.30. The second-order valence-electron chi connectivity index (χ2n) is 5.67. The Hall–Kier alpha value is -1.62. The molecule has 2 aromatic heterocycles. The molecule has 0 saturated carbocycles. The number of H-pyrrole nitrogens is 1. The number of aryl methyl sites for hydroxylation is 1. The summed E-state index contributed by atoms with van der Waals surface area (Å²) in [7, 11) is 0. The quantitative estimate of drug-likeness (QED) is 0.907. The van der Waals surface area contributed by atoms with Crippen LogP contribution >= 0.6 is 0 Å². The van der Waals surface area contributed by atoms with Crippen LogP contribution in [0.1, 0.15) is 35.8 Å². The minimum absolute atomic E-state index is 0.546. The summed E-state index contributed by atoms with van der Waals surface area (Å²) in [5.74, 6) is 0. The van der Waals surface area contributed by atoms with Crippen LogP contribution in [-0.2, 0) is 19.4 Å². The molecule has 0 bridgehead atoms. The van der Waals surface area contributed by atoms with Crippen molar-refractivity contribution in [3.05, 3.63) is 35.4 Å². The maximum absolute atomic E-state index is 4.52. The third-order valence-electron chi connectivity index (χ3n) is 4.35. The molecule has 4 rings (SSSR count). The summed E-state index contributed by atoms with van der Waals surface area (Å²) in [6.07, 6.45) is 8.91. The van der Waals surface area contributed by atoms with Crippen molar-refractivity contribution in [3.8, 4) is 0 Å². The topological polar surface area (TPSA) is 49.7 Å². The second kappa shape index (κ2) is 4.49. The fraction of sp³-hybridized carbons (Fsp3) is 0.571. The summed E-state index contributed by atoms with van der Waals surface area (Å²) in [5.41, 5.74) is 4.15. The molecule has 0 spiro atoms. The van der Waals surface area contributed by atoms with Gasteiger partial charge in [0.1, 0.15) is 0 Å². The summed E-state index contributed by atoms with van der Waals surface area (Å²) in [6, 6.07) is 2.54. The minimum Gasteiger partial charge on any atom is -0.293 e. The fourth-order valence-corrected chi connectivity index (χ4v) is 3.23. The molecule has 1 saturated heterocycles. The molecule has 3 heterocycles. The van der Waals surface area contributed by atoms with Crippen LogP contribution < -0.4 is 0 Å². The van der Waals surface area contributed by atoms with Gasteiger partial charge in [-0.15, -0.1) is 0 Å². The molecule has 1 aliphatic carbocycles. The maximum Gasteiger partial charge on any atom is 0.0797 e. The van der Waals surface area contributed by atoms with E-state index in [1.165, 1.54) is 42.6 Å². The number of rotatable bonds is 3. The van der Waals surface area contributed by atoms with Crippen molar-refractivity contribution in [2.24, 2.45) is 0 Å². The molecule has 5 nitrogen and oxygen atoms in total. The molecule has 0 radical (unpaired) electrons. The van der Waals surface area contributed by atoms with Crippen LogP contribution in [0.3, 0.4) is 0 Å². The van der Waals surface area contributed by atoms with Crippen molar-refractivity contribution in [2.75, 3.05) is 13.1 Å². The second-order valence-corrected chi connectivity index (χ2v) is 5.67. The monoisotopic (exact) mass is 257 g/mol. The molecule has 1 fully saturated rings. The number of likely N-dealkylation sites (tertiary alicyclic amines) is 1. The van der Waals surface area contributed by atoms with E-state index in [1.54, 1.807) is 0 Å². The Morgan fingerprint density at radius 1 is 1.26 bits per heavy atom. The standard InChI is InChI=1S/C14H19N5/c1-2-5-13-12(4-1)14(17-16-13)10-18-8-11(9-18)19-7-3-6-15-19/h3,6-7,11H,1-2,4-5,8-10H2,(H,16,17). The molecule has 0 unspecified atom stereocenters. The number of hydrogen-bond donors (Lipinski definition) is 1. The Bertz CT molecular complexity index is 550. The van der Waals surface area contributed by atoms with Gasteiger partial charge in [0, 0.05) is 37.7 Å². The van der Waals surface area contributed by atoms with Crippen LogP contribution in [0.4, 0.5) is 0 Å². The van der Waals surface area contributed by atoms with Gasteiger partial charge in [-0.1, -0.05) is 0 Å². The lowest BCUT2D eigenvalue weighted by atomic mass is 9.95. The first kappa shape index (κ1) is 11.2. The molecule has 1 aliphatic heterocycles. The molecule has 0 atom stereocenters. The lowest BCUT2D eigenvalue weighted by Crippen LogP contribution is -2.47. The number of aromatic nitrogens is 4. The van der Waals surface area contributed by atoms with E-state index in [2.05, 4.69) is 31.1 Å². The van der Waals surface area contributed by atoms with E-state index in [-0.39, 0.29) is 0 Å². The normalized spacial score (nSPS) is 20.2. The van der Waals surface area contributed by atoms with Crippen molar-refractivity contribution in [3.63, 3.8) is 0 Å². The number of fused-ring (bicyclic) bond motifs is 1. The van der Waals surface area contributed by atoms with Gasteiger partial charge in [0.2, 0.25) is 0 Å². The van der Waals surface area contributed by atoms with E-state index in [0.717, 1.165) is 19.6 Å². The van der Waals surface area contributed by atoms with Crippen molar-refractivity contribution in [1.29, 1.82) is 0 Å². The van der Waals surface area contributed by atoms with Gasteiger partial charge >= 0.3 is 0 Å². The lowest BCUT2D eigenvalue weighted by molar-refractivity contribution is 0.0892. The minimum atomic E-state index is 0.546. The highest BCUT2D eigenvalue weighted by atomic mass is 15.4. The first-order valence-electron chi connectivity index (χ1n) is 7.16. The van der Waals surface area contributed by atoms with Crippen molar-refractivity contribution in [2.45, 2.75) is 38.3 Å². The van der Waals surface area contributed by atoms with E-state index < -0.39 is 0 Å². The van der Waals surface area contributed by atoms with E-state index >= 15 is 0 Å². The average molecular weight is 257 g/mol. The first-order chi connectivity index (χ1) is 9.40. The molecule has 2 aromatic rings. The number of hydrogen-bond acceptors (Lipinski definition) is 3. The SMILES string of the molecule is c1cnn(C2CN(Cc3n[nH]c4c3CCCC4)C2)c1. The van der Waals surface area contributed by atoms with Gasteiger partial charge in [-0.25, -0.2) is 0 Å². The molecule has 100 valence electrons. The largest absolute Gasteiger partial charge is 0.293 e. The van der Waals surface area contributed by atoms with Crippen LogP contribution in [0.25, 0.3) is 0 Å². The van der Waals surface area contributed by atoms with Gasteiger partial charge < -0.3 is 0 Å². The van der Waals surface area contributed by atoms with E-state index in [4.69, 9.17) is 0 Å². The van der Waals surface area contributed by atoms with Gasteiger partial charge in [-0.05, 0) is 37.3 Å². The van der Waals surface area contributed by atoms with E-state index in [0.29, 0.717) is 6.04 Å². The molecule has 0 aromatic carbocycles. The van der Waals surface area contributed by atoms with Gasteiger partial charge in [0.15, 0.2) is 0 Å². The zero-order chi connectivity index (χ0) is 12.7. The Kier molecular flexibility index (Phi) is 2.65. The van der Waals surface area contributed by atoms with Crippen LogP contribution in [-0.4, -0.2) is 38.0 Å². The predicted molar refractivity (Wildman–Crippen MR) is 71.8 cm³/mol. The summed E-state index contributed by atoms with van der Waals surface area (Å²) in [5, 5.41) is 12.1. The molecule has 2 aliphatic rings. The Balaban J connectivity index is 1.40. The molecule has 19 heavy (non-hydrogen) atoms. The van der Waals surface area contributed by atoms with Crippen molar-refractivity contribution in [1.82, 2.24) is 24.9 Å². The highest BCUT2D eigenvalue weighted by molar-refractivity contribution is 5.27. The molecular weight excluding hydrogens is 238 g/mol. The molecule has 1 N–H and O–H groups in total. The van der Waals surface area contributed by atoms with E-state index in [1.807, 2.05) is 12.3 Å². The Morgan fingerprint density at radius 3 is 3.00 bits per heavy atom. The highest BCUT2D eigenvalue weighted by Crippen LogP contribution is 2.26. The van der Waals surface area contributed by atoms with Crippen LogP contribution in [0.15, 0.2) is 18.5 Å². The van der Waals surface area contributed by atoms with Gasteiger partial charge in [-0.3, -0.25) is 14.7 Å². The Morgan fingerprint density at radius 2 is 2.16 bits per heavy atom. The first-order valence-corrected chi connectivity index (χ1v) is 7.16. The lowest BCUT2D eigenvalue weighted by Gasteiger charge is -2.39. The zero-order valence-electron chi connectivity index (χ0n) is 11.0. The maximum atomic E-state index is 4.52. The third kappa shape index (κ3) is 1.98. The van der Waals surface area contributed by atoms with Gasteiger partial charge in [0.05, 0.1) is 11.7 Å². The summed E-state index contributed by atoms with van der Waals surface area (Å²) >= 11 is 0. The summed E-state index contributed by atoms with van der Waals surface area (Å²) < 4.78 is 2.07. The fourth-order valence-electron chi connectivity index (χ4n) is 3.23. The summed E-state index contributed by atoms with van der Waals surface area (Å²) in [6.45, 7) is 3.16. The number of aromatic amines is 1. The van der Waals surface area contributed by atoms with Crippen LogP contribution in [0, 0.1) is 0 Å². The van der Waals surface area contributed by atoms with E-state index in [9.17, 15) is 0 Å². The average Bonchev–Trinajstić information content (AvgIpc) is 3.03. The van der Waals surface area contributed by atoms with Crippen molar-refractivity contribution < 1.29 is 0 Å². The van der Waals surface area contributed by atoms with Gasteiger partial charge in [-0.2, -0.15) is 10.2 Å². The van der Waals surface area contributed by atoms with Gasteiger partial charge in [0.25, 0.3) is 0 Å². The van der Waals surface area contributed by atoms with Crippen LogP contribution in [0.5, 0.6) is 0 Å². The molecular formula is C14H19N5. The summed E-state index contributed by atoms with van der Waals surface area (Å²) in [4.78, 5) is 2.46. The van der Waals surface area contributed by atoms with Crippen LogP contribution in [0.2, 0.25) is 0 Å². The Labute approximate surface area is 112 Å². The predicted octanol–water partition coefficient (Wildman–Crippen LogP) is 1.54. The number of nitrogens with zero attached hydrogens (tertiary/aromatic N) is 4.